The molecule has 2 aromatic heterocycles. The van der Waals surface area contributed by atoms with Gasteiger partial charge in [0.25, 0.3) is 0 Å². The number of carbonyl (C=O) groups is 2. The predicted molar refractivity (Wildman–Crippen MR) is 216 cm³/mol. The molecule has 4 aromatic carbocycles. The Balaban J connectivity index is 0.000000177. The first-order valence-corrected chi connectivity index (χ1v) is 18.8. The van der Waals surface area contributed by atoms with Crippen LogP contribution in [0.15, 0.2) is 85.5 Å². The van der Waals surface area contributed by atoms with Gasteiger partial charge in [-0.15, -0.1) is 0 Å². The van der Waals surface area contributed by atoms with E-state index in [4.69, 9.17) is 38.4 Å². The number of likely N-dealkylation sites (tertiary alicyclic amines) is 2. The number of primary amides is 1. The molecule has 2 fully saturated rings. The van der Waals surface area contributed by atoms with Crippen molar-refractivity contribution in [1.29, 1.82) is 0 Å². The Kier molecular flexibility index (Phi) is 12.0. The Morgan fingerprint density at radius 2 is 1.17 bits per heavy atom. The predicted octanol–water partition coefficient (Wildman–Crippen LogP) is 6.80. The lowest BCUT2D eigenvalue weighted by Crippen LogP contribution is -2.37. The molecule has 4 atom stereocenters. The first-order valence-electron chi connectivity index (χ1n) is 18.0. The summed E-state index contributed by atoms with van der Waals surface area (Å²) in [7, 11) is 3.61. The average Bonchev–Trinajstić information content (AvgIpc) is 3.76. The number of nitrogens with zero attached hydrogens (tertiary/aromatic N) is 6. The van der Waals surface area contributed by atoms with E-state index < -0.39 is 23.6 Å². The van der Waals surface area contributed by atoms with Gasteiger partial charge in [-0.3, -0.25) is 19.4 Å². The molecule has 300 valence electrons. The van der Waals surface area contributed by atoms with Crippen molar-refractivity contribution in [3.05, 3.63) is 107 Å². The summed E-state index contributed by atoms with van der Waals surface area (Å²) in [5.41, 5.74) is 7.12. The van der Waals surface area contributed by atoms with Gasteiger partial charge in [-0.05, 0) is 62.6 Å². The maximum atomic E-state index is 14.2. The van der Waals surface area contributed by atoms with Crippen LogP contribution in [0.5, 0.6) is 11.5 Å². The largest absolute Gasteiger partial charge is 0.489 e. The normalized spacial score (nSPS) is 19.4. The summed E-state index contributed by atoms with van der Waals surface area (Å²) in [6, 6.07) is 19.2. The molecule has 0 aliphatic carbocycles. The Bertz CT molecular complexity index is 2330. The lowest BCUT2D eigenvalue weighted by molar-refractivity contribution is -0.141. The standard InChI is InChI=1S/C20H19ClFN5O2.C20H18ClFN4O3/c1-27-9-12(8-17(27)19(23)28)29-11-5-6-13-16(7-11)24-10-25-20(13)26-15-4-2-3-14(21)18(15)22;1-26-9-12(8-17(26)20(27)28)29-11-5-6-13-16(7-11)23-10-24-19(13)25-15-4-2-3-14(21)18(15)22/h2-7,10,12,17H,8-9H2,1H3,(H2,23,28)(H,24,25,26);2-7,10,12,17H,8-9H2,1H3,(H,27,28)(H,23,24,25)/t2*12-,17-/m00/s1. The third-order valence-corrected chi connectivity index (χ3v) is 10.4. The van der Waals surface area contributed by atoms with E-state index in [9.17, 15) is 23.5 Å². The minimum absolute atomic E-state index is 0.0187. The maximum absolute atomic E-state index is 14.2. The lowest BCUT2D eigenvalue weighted by atomic mass is 10.2. The van der Waals surface area contributed by atoms with E-state index in [2.05, 4.69) is 30.6 Å². The fourth-order valence-electron chi connectivity index (χ4n) is 6.96. The van der Waals surface area contributed by atoms with Crippen LogP contribution in [0.4, 0.5) is 31.8 Å². The van der Waals surface area contributed by atoms with Crippen molar-refractivity contribution in [1.82, 2.24) is 29.7 Å². The van der Waals surface area contributed by atoms with E-state index in [1.54, 1.807) is 72.6 Å². The number of nitrogens with one attached hydrogen (secondary N) is 2. The van der Waals surface area contributed by atoms with Crippen LogP contribution in [0.1, 0.15) is 12.8 Å². The molecule has 6 aromatic rings. The third kappa shape index (κ3) is 8.95. The molecule has 18 heteroatoms. The summed E-state index contributed by atoms with van der Waals surface area (Å²) in [5.74, 6) is -0.205. The smallest absolute Gasteiger partial charge is 0.321 e. The number of likely N-dealkylation sites (N-methyl/N-ethyl adjacent to an activating group) is 2. The van der Waals surface area contributed by atoms with E-state index in [1.165, 1.54) is 24.8 Å². The zero-order valence-corrected chi connectivity index (χ0v) is 32.6. The van der Waals surface area contributed by atoms with Gasteiger partial charge >= 0.3 is 5.97 Å². The van der Waals surface area contributed by atoms with Gasteiger partial charge in [-0.2, -0.15) is 0 Å². The molecule has 14 nitrogen and oxygen atoms in total. The van der Waals surface area contributed by atoms with E-state index in [0.717, 1.165) is 0 Å². The zero-order chi connectivity index (χ0) is 41.1. The molecule has 0 spiro atoms. The number of aromatic nitrogens is 4. The molecular formula is C40H37Cl2F2N9O5. The monoisotopic (exact) mass is 831 g/mol. The van der Waals surface area contributed by atoms with Crippen molar-refractivity contribution in [2.24, 2.45) is 5.73 Å². The Morgan fingerprint density at radius 3 is 1.59 bits per heavy atom. The molecule has 8 rings (SSSR count). The quantitative estimate of drug-likeness (QED) is 0.113. The van der Waals surface area contributed by atoms with Gasteiger partial charge in [0.1, 0.15) is 54.0 Å². The number of fused-ring (bicyclic) bond motifs is 2. The van der Waals surface area contributed by atoms with Crippen molar-refractivity contribution >= 4 is 79.9 Å². The highest BCUT2D eigenvalue weighted by molar-refractivity contribution is 6.31. The molecular weight excluding hydrogens is 795 g/mol. The number of aliphatic carboxylic acids is 1. The second kappa shape index (κ2) is 17.3. The number of hydrogen-bond donors (Lipinski definition) is 4. The van der Waals surface area contributed by atoms with Gasteiger partial charge in [0.15, 0.2) is 11.6 Å². The summed E-state index contributed by atoms with van der Waals surface area (Å²) in [6.45, 7) is 1.13. The van der Waals surface area contributed by atoms with Crippen molar-refractivity contribution in [3.63, 3.8) is 0 Å². The van der Waals surface area contributed by atoms with Crippen LogP contribution >= 0.6 is 23.2 Å². The number of hydrogen-bond acceptors (Lipinski definition) is 12. The topological polar surface area (TPSA) is 181 Å². The number of benzene rings is 4. The van der Waals surface area contributed by atoms with Crippen LogP contribution < -0.4 is 25.8 Å². The Hall–Kier alpha value is -5.94. The molecule has 2 aliphatic rings. The van der Waals surface area contributed by atoms with Crippen LogP contribution in [0.3, 0.4) is 0 Å². The van der Waals surface area contributed by atoms with Gasteiger partial charge in [0.2, 0.25) is 5.91 Å². The summed E-state index contributed by atoms with van der Waals surface area (Å²) in [6.07, 6.45) is 3.35. The number of ether oxygens (including phenoxy) is 2. The zero-order valence-electron chi connectivity index (χ0n) is 31.1. The number of carbonyl (C=O) groups excluding carboxylic acids is 1. The van der Waals surface area contributed by atoms with Gasteiger partial charge < -0.3 is 30.9 Å². The molecule has 2 aliphatic heterocycles. The van der Waals surface area contributed by atoms with Crippen molar-refractivity contribution in [2.75, 3.05) is 37.8 Å². The van der Waals surface area contributed by atoms with E-state index >= 15 is 0 Å². The van der Waals surface area contributed by atoms with E-state index in [-0.39, 0.29) is 45.6 Å². The maximum Gasteiger partial charge on any atom is 0.321 e. The summed E-state index contributed by atoms with van der Waals surface area (Å²) in [4.78, 5) is 43.4. The molecule has 2 saturated heterocycles. The summed E-state index contributed by atoms with van der Waals surface area (Å²) < 4.78 is 40.4. The lowest BCUT2D eigenvalue weighted by Gasteiger charge is -2.15. The third-order valence-electron chi connectivity index (χ3n) is 9.86. The minimum Gasteiger partial charge on any atom is -0.489 e. The highest BCUT2D eigenvalue weighted by Crippen LogP contribution is 2.32. The van der Waals surface area contributed by atoms with Crippen molar-refractivity contribution < 1.29 is 33.0 Å². The highest BCUT2D eigenvalue weighted by atomic mass is 35.5. The van der Waals surface area contributed by atoms with Crippen LogP contribution in [0.2, 0.25) is 10.0 Å². The Labute approximate surface area is 340 Å². The number of anilines is 4. The van der Waals surface area contributed by atoms with Crippen LogP contribution in [-0.2, 0) is 9.59 Å². The number of amides is 1. The second-order valence-corrected chi connectivity index (χ2v) is 14.7. The SMILES string of the molecule is CN1C[C@@H](Oc2ccc3c(Nc4cccc(Cl)c4F)ncnc3c2)C[C@H]1C(=O)O.CN1C[C@@H](Oc2ccc3c(Nc4cccc(Cl)c4F)ncnc3c2)C[C@H]1C(N)=O. The molecule has 0 saturated carbocycles. The summed E-state index contributed by atoms with van der Waals surface area (Å²) >= 11 is 11.7. The van der Waals surface area contributed by atoms with E-state index in [1.807, 2.05) is 11.9 Å². The molecule has 0 radical (unpaired) electrons. The Morgan fingerprint density at radius 1 is 0.724 bits per heavy atom. The first kappa shape index (κ1) is 40.3. The second-order valence-electron chi connectivity index (χ2n) is 13.9. The van der Waals surface area contributed by atoms with Gasteiger partial charge in [0.05, 0.1) is 38.5 Å². The fraction of sp³-hybridized carbons (Fsp3) is 0.250. The van der Waals surface area contributed by atoms with Crippen LogP contribution in [0.25, 0.3) is 21.8 Å². The average molecular weight is 833 g/mol. The van der Waals surface area contributed by atoms with Gasteiger partial charge in [-0.1, -0.05) is 35.3 Å². The molecule has 0 bridgehead atoms. The van der Waals surface area contributed by atoms with Crippen molar-refractivity contribution in [2.45, 2.75) is 37.1 Å². The number of carboxylic acids is 1. The summed E-state index contributed by atoms with van der Waals surface area (Å²) in [5, 5.41) is 16.6. The first-order chi connectivity index (χ1) is 27.8. The van der Waals surface area contributed by atoms with Crippen LogP contribution in [0, 0.1) is 11.6 Å². The number of halogens is 4. The molecule has 5 N–H and O–H groups in total. The molecule has 0 unspecified atom stereocenters. The minimum atomic E-state index is -0.853. The molecule has 58 heavy (non-hydrogen) atoms. The number of nitrogens with two attached hydrogens (primary N) is 1. The van der Waals surface area contributed by atoms with Crippen LogP contribution in [-0.4, -0.2) is 98.2 Å². The fourth-order valence-corrected chi connectivity index (χ4v) is 7.31. The molecule has 4 heterocycles. The van der Waals surface area contributed by atoms with Gasteiger partial charge in [0, 0.05) is 48.8 Å². The number of carboxylic acid groups (broad SMARTS) is 1. The van der Waals surface area contributed by atoms with Crippen molar-refractivity contribution in [3.8, 4) is 11.5 Å². The molecule has 1 amide bonds. The van der Waals surface area contributed by atoms with Gasteiger partial charge in [-0.25, -0.2) is 28.7 Å². The van der Waals surface area contributed by atoms with E-state index in [0.29, 0.717) is 70.9 Å². The number of rotatable bonds is 10. The highest BCUT2D eigenvalue weighted by Gasteiger charge is 2.36.